The molecule has 8 heteroatoms. The van der Waals surface area contributed by atoms with E-state index in [2.05, 4.69) is 9.97 Å². The van der Waals surface area contributed by atoms with E-state index in [0.29, 0.717) is 0 Å². The van der Waals surface area contributed by atoms with Crippen LogP contribution in [0.5, 0.6) is 11.6 Å². The Labute approximate surface area is 116 Å². The van der Waals surface area contributed by atoms with Crippen molar-refractivity contribution in [3.05, 3.63) is 46.3 Å². The molecule has 3 nitrogen and oxygen atoms in total. The number of benzene rings is 1. The highest BCUT2D eigenvalue weighted by molar-refractivity contribution is 6.32. The van der Waals surface area contributed by atoms with E-state index in [0.717, 1.165) is 12.1 Å². The minimum absolute atomic E-state index is 0.0433. The van der Waals surface area contributed by atoms with E-state index in [1.165, 1.54) is 18.3 Å². The van der Waals surface area contributed by atoms with Crippen LogP contribution >= 0.6 is 23.2 Å². The normalized spacial score (nSPS) is 11.4. The summed E-state index contributed by atoms with van der Waals surface area (Å²) < 4.78 is 42.7. The summed E-state index contributed by atoms with van der Waals surface area (Å²) in [7, 11) is 0. The van der Waals surface area contributed by atoms with Gasteiger partial charge in [-0.1, -0.05) is 17.7 Å². The number of rotatable bonds is 2. The Morgan fingerprint density at radius 2 is 1.89 bits per heavy atom. The van der Waals surface area contributed by atoms with Gasteiger partial charge >= 0.3 is 6.18 Å². The number of aromatic nitrogens is 2. The van der Waals surface area contributed by atoms with Crippen LogP contribution in [0.25, 0.3) is 0 Å². The van der Waals surface area contributed by atoms with E-state index in [9.17, 15) is 13.2 Å². The highest BCUT2D eigenvalue weighted by Gasteiger charge is 2.30. The molecule has 0 aliphatic carbocycles. The first-order valence-electron chi connectivity index (χ1n) is 4.89. The van der Waals surface area contributed by atoms with Crippen molar-refractivity contribution in [2.75, 3.05) is 0 Å². The maximum atomic E-state index is 12.5. The zero-order valence-electron chi connectivity index (χ0n) is 9.08. The lowest BCUT2D eigenvalue weighted by molar-refractivity contribution is -0.137. The van der Waals surface area contributed by atoms with Gasteiger partial charge in [0.2, 0.25) is 11.2 Å². The van der Waals surface area contributed by atoms with Crippen LogP contribution in [0.4, 0.5) is 13.2 Å². The predicted molar refractivity (Wildman–Crippen MR) is 63.6 cm³/mol. The Bertz CT molecular complexity index is 605. The van der Waals surface area contributed by atoms with Gasteiger partial charge in [0.05, 0.1) is 11.8 Å². The quantitative estimate of drug-likeness (QED) is 0.761. The third-order valence-corrected chi connectivity index (χ3v) is 2.50. The smallest absolute Gasteiger partial charge is 0.416 e. The number of nitrogens with zero attached hydrogens (tertiary/aromatic N) is 2. The van der Waals surface area contributed by atoms with Crippen molar-refractivity contribution >= 4 is 23.2 Å². The molecule has 1 aromatic carbocycles. The van der Waals surface area contributed by atoms with E-state index >= 15 is 0 Å². The maximum absolute atomic E-state index is 12.5. The zero-order chi connectivity index (χ0) is 14.0. The zero-order valence-corrected chi connectivity index (χ0v) is 10.6. The standard InChI is InChI=1S/C11H5Cl2F3N2O/c12-8-5-17-10(13)18-9(8)19-7-3-1-2-6(4-7)11(14,15)16/h1-5H. The van der Waals surface area contributed by atoms with Gasteiger partial charge in [0.25, 0.3) is 0 Å². The van der Waals surface area contributed by atoms with Crippen LogP contribution in [-0.4, -0.2) is 9.97 Å². The molecule has 0 amide bonds. The van der Waals surface area contributed by atoms with Crippen molar-refractivity contribution in [2.45, 2.75) is 6.18 Å². The molecule has 0 bridgehead atoms. The van der Waals surface area contributed by atoms with Gasteiger partial charge in [-0.2, -0.15) is 18.2 Å². The van der Waals surface area contributed by atoms with Crippen LogP contribution in [0, 0.1) is 0 Å². The van der Waals surface area contributed by atoms with Gasteiger partial charge < -0.3 is 4.74 Å². The van der Waals surface area contributed by atoms with Gasteiger partial charge in [-0.25, -0.2) is 4.98 Å². The topological polar surface area (TPSA) is 35.0 Å². The van der Waals surface area contributed by atoms with Crippen molar-refractivity contribution < 1.29 is 17.9 Å². The van der Waals surface area contributed by atoms with E-state index < -0.39 is 11.7 Å². The molecule has 0 saturated carbocycles. The lowest BCUT2D eigenvalue weighted by atomic mass is 10.2. The molecule has 1 heterocycles. The number of hydrogen-bond donors (Lipinski definition) is 0. The maximum Gasteiger partial charge on any atom is 0.416 e. The molecule has 2 rings (SSSR count). The number of alkyl halides is 3. The number of halogens is 5. The van der Waals surface area contributed by atoms with Crippen molar-refractivity contribution in [2.24, 2.45) is 0 Å². The van der Waals surface area contributed by atoms with E-state index in [-0.39, 0.29) is 21.9 Å². The summed E-state index contributed by atoms with van der Waals surface area (Å²) in [4.78, 5) is 7.28. The molecule has 100 valence electrons. The SMILES string of the molecule is FC(F)(F)c1cccc(Oc2nc(Cl)ncc2Cl)c1. The summed E-state index contributed by atoms with van der Waals surface area (Å²) in [5.74, 6) is -0.160. The summed E-state index contributed by atoms with van der Waals surface area (Å²) in [6.07, 6.45) is -3.26. The molecule has 0 N–H and O–H groups in total. The second kappa shape index (κ2) is 5.22. The number of ether oxygens (including phenoxy) is 1. The summed E-state index contributed by atoms with van der Waals surface area (Å²) in [6.45, 7) is 0. The highest BCUT2D eigenvalue weighted by atomic mass is 35.5. The molecule has 0 aliphatic heterocycles. The average molecular weight is 309 g/mol. The van der Waals surface area contributed by atoms with Gasteiger partial charge in [0, 0.05) is 0 Å². The molecule has 0 unspecified atom stereocenters. The molecular formula is C11H5Cl2F3N2O. The van der Waals surface area contributed by atoms with Crippen LogP contribution in [0.15, 0.2) is 30.5 Å². The Balaban J connectivity index is 2.31. The fourth-order valence-corrected chi connectivity index (χ4v) is 1.51. The highest BCUT2D eigenvalue weighted by Crippen LogP contribution is 2.33. The summed E-state index contributed by atoms with van der Waals surface area (Å²) in [6, 6.07) is 4.34. The molecule has 0 aliphatic rings. The van der Waals surface area contributed by atoms with Gasteiger partial charge in [-0.15, -0.1) is 0 Å². The monoisotopic (exact) mass is 308 g/mol. The van der Waals surface area contributed by atoms with Crippen LogP contribution in [0.2, 0.25) is 10.3 Å². The second-order valence-corrected chi connectivity index (χ2v) is 4.17. The van der Waals surface area contributed by atoms with Crippen LogP contribution in [-0.2, 0) is 6.18 Å². The molecular weight excluding hydrogens is 304 g/mol. The minimum atomic E-state index is -4.45. The summed E-state index contributed by atoms with van der Waals surface area (Å²) in [5.41, 5.74) is -0.832. The Hall–Kier alpha value is -1.53. The Morgan fingerprint density at radius 3 is 2.58 bits per heavy atom. The van der Waals surface area contributed by atoms with Crippen molar-refractivity contribution in [3.8, 4) is 11.6 Å². The molecule has 0 atom stereocenters. The molecule has 0 saturated heterocycles. The summed E-state index contributed by atoms with van der Waals surface area (Å²) in [5, 5.41) is -0.0758. The second-order valence-electron chi connectivity index (χ2n) is 3.42. The fourth-order valence-electron chi connectivity index (χ4n) is 1.25. The van der Waals surface area contributed by atoms with E-state index in [1.807, 2.05) is 0 Å². The van der Waals surface area contributed by atoms with Gasteiger partial charge in [-0.05, 0) is 29.8 Å². The Morgan fingerprint density at radius 1 is 1.16 bits per heavy atom. The van der Waals surface area contributed by atoms with Gasteiger partial charge in [-0.3, -0.25) is 0 Å². The van der Waals surface area contributed by atoms with Crippen LogP contribution in [0.3, 0.4) is 0 Å². The lowest BCUT2D eigenvalue weighted by Crippen LogP contribution is -2.04. The van der Waals surface area contributed by atoms with E-state index in [4.69, 9.17) is 27.9 Å². The largest absolute Gasteiger partial charge is 0.437 e. The lowest BCUT2D eigenvalue weighted by Gasteiger charge is -2.10. The summed E-state index contributed by atoms with van der Waals surface area (Å²) >= 11 is 11.3. The van der Waals surface area contributed by atoms with E-state index in [1.54, 1.807) is 0 Å². The van der Waals surface area contributed by atoms with Crippen molar-refractivity contribution in [1.82, 2.24) is 9.97 Å². The molecule has 0 spiro atoms. The predicted octanol–water partition coefficient (Wildman–Crippen LogP) is 4.59. The molecule has 1 aromatic heterocycles. The first-order valence-corrected chi connectivity index (χ1v) is 5.65. The molecule has 19 heavy (non-hydrogen) atoms. The third kappa shape index (κ3) is 3.48. The van der Waals surface area contributed by atoms with Crippen LogP contribution < -0.4 is 4.74 Å². The van der Waals surface area contributed by atoms with Crippen molar-refractivity contribution in [1.29, 1.82) is 0 Å². The molecule has 0 fully saturated rings. The van der Waals surface area contributed by atoms with Gasteiger partial charge in [0.15, 0.2) is 0 Å². The Kier molecular flexibility index (Phi) is 3.82. The average Bonchev–Trinajstić information content (AvgIpc) is 2.33. The van der Waals surface area contributed by atoms with Crippen molar-refractivity contribution in [3.63, 3.8) is 0 Å². The molecule has 0 radical (unpaired) electrons. The molecule has 2 aromatic rings. The van der Waals surface area contributed by atoms with Gasteiger partial charge in [0.1, 0.15) is 10.8 Å². The minimum Gasteiger partial charge on any atom is -0.437 e. The third-order valence-electron chi connectivity index (χ3n) is 2.06. The van der Waals surface area contributed by atoms with Crippen LogP contribution in [0.1, 0.15) is 5.56 Å². The number of hydrogen-bond acceptors (Lipinski definition) is 3. The first-order chi connectivity index (χ1) is 8.86. The fraction of sp³-hybridized carbons (Fsp3) is 0.0909. The first kappa shape index (κ1) is 13.9.